The third kappa shape index (κ3) is 2.94. The molecule has 0 saturated heterocycles. The Bertz CT molecular complexity index is 1130. The predicted molar refractivity (Wildman–Crippen MR) is 98.4 cm³/mol. The van der Waals surface area contributed by atoms with E-state index in [-0.39, 0.29) is 5.56 Å². The quantitative estimate of drug-likeness (QED) is 0.567. The van der Waals surface area contributed by atoms with Gasteiger partial charge in [0.2, 0.25) is 0 Å². The number of fused-ring (bicyclic) bond motifs is 1. The summed E-state index contributed by atoms with van der Waals surface area (Å²) in [6.45, 7) is 2.51. The van der Waals surface area contributed by atoms with Crippen molar-refractivity contribution in [2.75, 3.05) is 0 Å². The molecule has 2 aromatic heterocycles. The molecule has 0 bridgehead atoms. The second-order valence-electron chi connectivity index (χ2n) is 5.94. The van der Waals surface area contributed by atoms with E-state index in [2.05, 4.69) is 16.1 Å². The van der Waals surface area contributed by atoms with Gasteiger partial charge >= 0.3 is 0 Å². The van der Waals surface area contributed by atoms with Gasteiger partial charge in [0.15, 0.2) is 5.65 Å². The van der Waals surface area contributed by atoms with Crippen LogP contribution in [0.4, 0.5) is 0 Å². The Hall–Kier alpha value is -2.92. The molecule has 2 heterocycles. The molecule has 4 rings (SSSR count). The van der Waals surface area contributed by atoms with Crippen LogP contribution in [0.25, 0.3) is 16.7 Å². The van der Waals surface area contributed by atoms with E-state index < -0.39 is 0 Å². The number of aryl methyl sites for hydroxylation is 1. The van der Waals surface area contributed by atoms with Gasteiger partial charge in [-0.25, -0.2) is 9.67 Å². The maximum atomic E-state index is 12.8. The molecule has 0 aliphatic rings. The van der Waals surface area contributed by atoms with Gasteiger partial charge in [-0.05, 0) is 30.7 Å². The highest BCUT2D eigenvalue weighted by atomic mass is 35.5. The molecular weight excluding hydrogens is 336 g/mol. The van der Waals surface area contributed by atoms with Crippen LogP contribution in [0.2, 0.25) is 5.02 Å². The third-order valence-corrected chi connectivity index (χ3v) is 4.28. The van der Waals surface area contributed by atoms with Crippen molar-refractivity contribution in [3.05, 3.63) is 87.6 Å². The largest absolute Gasteiger partial charge is 0.294 e. The average Bonchev–Trinajstić information content (AvgIpc) is 3.02. The lowest BCUT2D eigenvalue weighted by atomic mass is 10.1. The second-order valence-corrected chi connectivity index (χ2v) is 6.38. The van der Waals surface area contributed by atoms with Crippen molar-refractivity contribution in [2.45, 2.75) is 13.5 Å². The Labute approximate surface area is 149 Å². The molecule has 6 heteroatoms. The standard InChI is InChI=1S/C19H15ClN4O/c1-13-4-2-5-14(8-13)11-23-12-21-18-17(19(23)25)10-22-24(18)16-7-3-6-15(20)9-16/h2-10,12H,11H2,1H3. The van der Waals surface area contributed by atoms with E-state index in [0.717, 1.165) is 16.8 Å². The van der Waals surface area contributed by atoms with Gasteiger partial charge < -0.3 is 0 Å². The molecule has 0 aliphatic heterocycles. The highest BCUT2D eigenvalue weighted by Gasteiger charge is 2.12. The van der Waals surface area contributed by atoms with Crippen LogP contribution < -0.4 is 5.56 Å². The fraction of sp³-hybridized carbons (Fsp3) is 0.105. The van der Waals surface area contributed by atoms with E-state index in [0.29, 0.717) is 22.6 Å². The summed E-state index contributed by atoms with van der Waals surface area (Å²) in [5.74, 6) is 0. The van der Waals surface area contributed by atoms with Crippen LogP contribution in [-0.4, -0.2) is 19.3 Å². The first-order valence-electron chi connectivity index (χ1n) is 7.86. The Morgan fingerprint density at radius 2 is 1.96 bits per heavy atom. The predicted octanol–water partition coefficient (Wildman–Crippen LogP) is 3.59. The van der Waals surface area contributed by atoms with E-state index in [1.54, 1.807) is 33.9 Å². The van der Waals surface area contributed by atoms with Crippen molar-refractivity contribution in [1.29, 1.82) is 0 Å². The first kappa shape index (κ1) is 15.6. The van der Waals surface area contributed by atoms with Crippen molar-refractivity contribution in [3.63, 3.8) is 0 Å². The Balaban J connectivity index is 1.78. The van der Waals surface area contributed by atoms with Gasteiger partial charge in [-0.1, -0.05) is 47.5 Å². The first-order chi connectivity index (χ1) is 12.1. The second kappa shape index (κ2) is 6.18. The minimum absolute atomic E-state index is 0.111. The average molecular weight is 351 g/mol. The van der Waals surface area contributed by atoms with Crippen LogP contribution in [0.15, 0.2) is 65.8 Å². The molecule has 0 spiro atoms. The van der Waals surface area contributed by atoms with Gasteiger partial charge in [-0.15, -0.1) is 0 Å². The highest BCUT2D eigenvalue weighted by molar-refractivity contribution is 6.30. The molecular formula is C19H15ClN4O. The van der Waals surface area contributed by atoms with Gasteiger partial charge in [0, 0.05) is 5.02 Å². The van der Waals surface area contributed by atoms with E-state index >= 15 is 0 Å². The number of nitrogens with zero attached hydrogens (tertiary/aromatic N) is 4. The molecule has 124 valence electrons. The fourth-order valence-electron chi connectivity index (χ4n) is 2.87. The third-order valence-electron chi connectivity index (χ3n) is 4.04. The number of halogens is 1. The molecule has 0 aliphatic carbocycles. The lowest BCUT2D eigenvalue weighted by Crippen LogP contribution is -2.21. The monoisotopic (exact) mass is 350 g/mol. The number of rotatable bonds is 3. The summed E-state index contributed by atoms with van der Waals surface area (Å²) in [5.41, 5.74) is 3.40. The Morgan fingerprint density at radius 3 is 2.76 bits per heavy atom. The summed E-state index contributed by atoms with van der Waals surface area (Å²) in [5, 5.41) is 5.40. The molecule has 0 N–H and O–H groups in total. The smallest absolute Gasteiger partial charge is 0.264 e. The zero-order chi connectivity index (χ0) is 17.4. The minimum atomic E-state index is -0.111. The highest BCUT2D eigenvalue weighted by Crippen LogP contribution is 2.17. The van der Waals surface area contributed by atoms with Gasteiger partial charge in [-0.3, -0.25) is 9.36 Å². The SMILES string of the molecule is Cc1cccc(Cn2cnc3c(cnn3-c3cccc(Cl)c3)c2=O)c1. The van der Waals surface area contributed by atoms with Crippen molar-refractivity contribution >= 4 is 22.6 Å². The lowest BCUT2D eigenvalue weighted by Gasteiger charge is -2.07. The van der Waals surface area contributed by atoms with Crippen LogP contribution in [0.1, 0.15) is 11.1 Å². The molecule has 2 aromatic carbocycles. The molecule has 4 aromatic rings. The zero-order valence-electron chi connectivity index (χ0n) is 13.6. The Morgan fingerprint density at radius 1 is 1.12 bits per heavy atom. The van der Waals surface area contributed by atoms with Crippen molar-refractivity contribution < 1.29 is 0 Å². The number of hydrogen-bond acceptors (Lipinski definition) is 3. The molecule has 5 nitrogen and oxygen atoms in total. The molecule has 0 fully saturated rings. The maximum absolute atomic E-state index is 12.8. The summed E-state index contributed by atoms with van der Waals surface area (Å²) >= 11 is 6.05. The summed E-state index contributed by atoms with van der Waals surface area (Å²) in [7, 11) is 0. The number of aromatic nitrogens is 4. The molecule has 25 heavy (non-hydrogen) atoms. The van der Waals surface area contributed by atoms with E-state index in [4.69, 9.17) is 11.6 Å². The van der Waals surface area contributed by atoms with Gasteiger partial charge in [0.05, 0.1) is 18.4 Å². The molecule has 0 atom stereocenters. The number of benzene rings is 2. The molecule has 0 amide bonds. The molecule has 0 radical (unpaired) electrons. The normalized spacial score (nSPS) is 11.1. The lowest BCUT2D eigenvalue weighted by molar-refractivity contribution is 0.745. The summed E-state index contributed by atoms with van der Waals surface area (Å²) in [6.07, 6.45) is 3.12. The van der Waals surface area contributed by atoms with Crippen LogP contribution >= 0.6 is 11.6 Å². The van der Waals surface area contributed by atoms with Gasteiger partial charge in [-0.2, -0.15) is 5.10 Å². The van der Waals surface area contributed by atoms with Crippen LogP contribution in [-0.2, 0) is 6.54 Å². The van der Waals surface area contributed by atoms with Crippen molar-refractivity contribution in [1.82, 2.24) is 19.3 Å². The maximum Gasteiger partial charge on any atom is 0.264 e. The zero-order valence-corrected chi connectivity index (χ0v) is 14.3. The van der Waals surface area contributed by atoms with Crippen LogP contribution in [0, 0.1) is 6.92 Å². The number of hydrogen-bond donors (Lipinski definition) is 0. The van der Waals surface area contributed by atoms with Crippen LogP contribution in [0.3, 0.4) is 0 Å². The minimum Gasteiger partial charge on any atom is -0.294 e. The Kier molecular flexibility index (Phi) is 3.86. The van der Waals surface area contributed by atoms with E-state index in [1.165, 1.54) is 0 Å². The summed E-state index contributed by atoms with van der Waals surface area (Å²) < 4.78 is 3.22. The van der Waals surface area contributed by atoms with Crippen molar-refractivity contribution in [2.24, 2.45) is 0 Å². The van der Waals surface area contributed by atoms with E-state index in [9.17, 15) is 4.79 Å². The molecule has 0 unspecified atom stereocenters. The van der Waals surface area contributed by atoms with Crippen LogP contribution in [0.5, 0.6) is 0 Å². The van der Waals surface area contributed by atoms with Crippen molar-refractivity contribution in [3.8, 4) is 5.69 Å². The fourth-order valence-corrected chi connectivity index (χ4v) is 3.05. The summed E-state index contributed by atoms with van der Waals surface area (Å²) in [6, 6.07) is 15.4. The topological polar surface area (TPSA) is 52.7 Å². The summed E-state index contributed by atoms with van der Waals surface area (Å²) in [4.78, 5) is 17.2. The van der Waals surface area contributed by atoms with E-state index in [1.807, 2.05) is 37.3 Å². The van der Waals surface area contributed by atoms with Gasteiger partial charge in [0.25, 0.3) is 5.56 Å². The van der Waals surface area contributed by atoms with Gasteiger partial charge in [0.1, 0.15) is 11.7 Å². The first-order valence-corrected chi connectivity index (χ1v) is 8.24. The molecule has 0 saturated carbocycles.